The normalized spacial score (nSPS) is 15.4. The maximum Gasteiger partial charge on any atom is 0.324 e. The van der Waals surface area contributed by atoms with E-state index in [4.69, 9.17) is 16.9 Å². The third kappa shape index (κ3) is 2.97. The number of aromatic nitrogens is 3. The molecule has 2 heterocycles. The van der Waals surface area contributed by atoms with Gasteiger partial charge in [-0.2, -0.15) is 15.0 Å². The van der Waals surface area contributed by atoms with Crippen LogP contribution >= 0.6 is 0 Å². The first-order chi connectivity index (χ1) is 8.29. The maximum atomic E-state index is 5.62. The molecule has 0 radical (unpaired) electrons. The topological polar surface area (TPSA) is 77.2 Å². The molecule has 0 spiro atoms. The molecular formula is C11H15N5O. The first-order valence-electron chi connectivity index (χ1n) is 5.62. The molecule has 0 unspecified atom stereocenters. The van der Waals surface area contributed by atoms with Gasteiger partial charge in [-0.3, -0.25) is 0 Å². The second kappa shape index (κ2) is 5.34. The van der Waals surface area contributed by atoms with E-state index in [-0.39, 0.29) is 18.6 Å². The van der Waals surface area contributed by atoms with Crippen LogP contribution in [0.25, 0.3) is 0 Å². The van der Waals surface area contributed by atoms with Crippen molar-refractivity contribution in [1.82, 2.24) is 15.0 Å². The SMILES string of the molecule is C#CCOc1nc(N)nc(N2CCCCC2)n1. The van der Waals surface area contributed by atoms with Crippen molar-refractivity contribution >= 4 is 11.9 Å². The van der Waals surface area contributed by atoms with Gasteiger partial charge in [0, 0.05) is 13.1 Å². The highest BCUT2D eigenvalue weighted by Crippen LogP contribution is 2.18. The predicted octanol–water partition coefficient (Wildman–Crippen LogP) is 0.456. The number of nitrogens with two attached hydrogens (primary N) is 1. The highest BCUT2D eigenvalue weighted by Gasteiger charge is 2.15. The van der Waals surface area contributed by atoms with Crippen LogP contribution in [-0.2, 0) is 0 Å². The van der Waals surface area contributed by atoms with Gasteiger partial charge in [-0.15, -0.1) is 6.42 Å². The standard InChI is InChI=1S/C11H15N5O/c1-2-8-17-11-14-9(12)13-10(15-11)16-6-4-3-5-7-16/h1H,3-8H2,(H2,12,13,14,15). The number of hydrogen-bond donors (Lipinski definition) is 1. The first-order valence-corrected chi connectivity index (χ1v) is 5.62. The van der Waals surface area contributed by atoms with E-state index in [0.29, 0.717) is 5.95 Å². The van der Waals surface area contributed by atoms with Gasteiger partial charge in [-0.1, -0.05) is 5.92 Å². The van der Waals surface area contributed by atoms with E-state index in [9.17, 15) is 0 Å². The molecule has 1 aromatic heterocycles. The molecule has 6 nitrogen and oxygen atoms in total. The van der Waals surface area contributed by atoms with Crippen molar-refractivity contribution in [3.05, 3.63) is 0 Å². The van der Waals surface area contributed by atoms with Gasteiger partial charge in [0.15, 0.2) is 6.61 Å². The summed E-state index contributed by atoms with van der Waals surface area (Å²) in [7, 11) is 0. The second-order valence-electron chi connectivity index (χ2n) is 3.82. The zero-order chi connectivity index (χ0) is 12.1. The summed E-state index contributed by atoms with van der Waals surface area (Å²) in [6.45, 7) is 2.01. The van der Waals surface area contributed by atoms with Crippen LogP contribution in [-0.4, -0.2) is 34.6 Å². The molecule has 2 rings (SSSR count). The Morgan fingerprint density at radius 2 is 2.00 bits per heavy atom. The number of nitrogen functional groups attached to an aromatic ring is 1. The molecule has 1 fully saturated rings. The van der Waals surface area contributed by atoms with Gasteiger partial charge in [-0.05, 0) is 19.3 Å². The van der Waals surface area contributed by atoms with Gasteiger partial charge in [0.2, 0.25) is 11.9 Å². The maximum absolute atomic E-state index is 5.62. The molecule has 90 valence electrons. The summed E-state index contributed by atoms with van der Waals surface area (Å²) in [5.74, 6) is 3.09. The zero-order valence-corrected chi connectivity index (χ0v) is 9.59. The summed E-state index contributed by atoms with van der Waals surface area (Å²) in [6, 6.07) is 0.191. The van der Waals surface area contributed by atoms with Crippen LogP contribution in [0.4, 0.5) is 11.9 Å². The molecule has 1 saturated heterocycles. The molecule has 0 aliphatic carbocycles. The molecular weight excluding hydrogens is 218 g/mol. The lowest BCUT2D eigenvalue weighted by Gasteiger charge is -2.26. The molecule has 0 amide bonds. The van der Waals surface area contributed by atoms with Crippen LogP contribution in [0.5, 0.6) is 6.01 Å². The molecule has 0 saturated carbocycles. The Morgan fingerprint density at radius 3 is 2.71 bits per heavy atom. The summed E-state index contributed by atoms with van der Waals surface area (Å²) in [6.07, 6.45) is 8.64. The van der Waals surface area contributed by atoms with Gasteiger partial charge in [0.25, 0.3) is 0 Å². The summed E-state index contributed by atoms with van der Waals surface area (Å²) in [5, 5.41) is 0. The highest BCUT2D eigenvalue weighted by atomic mass is 16.5. The lowest BCUT2D eigenvalue weighted by atomic mass is 10.1. The molecule has 0 bridgehead atoms. The third-order valence-electron chi connectivity index (χ3n) is 2.54. The number of anilines is 2. The lowest BCUT2D eigenvalue weighted by Crippen LogP contribution is -2.31. The van der Waals surface area contributed by atoms with Crippen molar-refractivity contribution in [3.63, 3.8) is 0 Å². The summed E-state index contributed by atoms with van der Waals surface area (Å²) >= 11 is 0. The van der Waals surface area contributed by atoms with Gasteiger partial charge in [0.05, 0.1) is 0 Å². The van der Waals surface area contributed by atoms with E-state index in [1.165, 1.54) is 6.42 Å². The summed E-state index contributed by atoms with van der Waals surface area (Å²) in [4.78, 5) is 14.3. The van der Waals surface area contributed by atoms with Crippen LogP contribution in [0, 0.1) is 12.3 Å². The molecule has 2 N–H and O–H groups in total. The van der Waals surface area contributed by atoms with Crippen molar-refractivity contribution in [2.24, 2.45) is 0 Å². The Morgan fingerprint density at radius 1 is 1.24 bits per heavy atom. The van der Waals surface area contributed by atoms with Crippen LogP contribution in [0.2, 0.25) is 0 Å². The van der Waals surface area contributed by atoms with Gasteiger partial charge in [0.1, 0.15) is 0 Å². The average Bonchev–Trinajstić information content (AvgIpc) is 2.37. The van der Waals surface area contributed by atoms with E-state index < -0.39 is 0 Å². The predicted molar refractivity (Wildman–Crippen MR) is 64.6 cm³/mol. The second-order valence-corrected chi connectivity index (χ2v) is 3.82. The van der Waals surface area contributed by atoms with E-state index >= 15 is 0 Å². The molecule has 0 aromatic carbocycles. The average molecular weight is 233 g/mol. The smallest absolute Gasteiger partial charge is 0.324 e. The minimum absolute atomic E-state index is 0.128. The molecule has 17 heavy (non-hydrogen) atoms. The van der Waals surface area contributed by atoms with Crippen LogP contribution in [0.1, 0.15) is 19.3 Å². The molecule has 1 aliphatic rings. The Labute approximate surface area is 100 Å². The Kier molecular flexibility index (Phi) is 3.60. The fourth-order valence-corrected chi connectivity index (χ4v) is 1.77. The van der Waals surface area contributed by atoms with E-state index in [1.807, 2.05) is 0 Å². The quantitative estimate of drug-likeness (QED) is 0.764. The number of piperidine rings is 1. The number of terminal acetylenes is 1. The minimum atomic E-state index is 0.128. The minimum Gasteiger partial charge on any atom is -0.450 e. The van der Waals surface area contributed by atoms with Crippen molar-refractivity contribution < 1.29 is 4.74 Å². The van der Waals surface area contributed by atoms with Gasteiger partial charge in [-0.25, -0.2) is 0 Å². The van der Waals surface area contributed by atoms with E-state index in [2.05, 4.69) is 25.8 Å². The zero-order valence-electron chi connectivity index (χ0n) is 9.59. The van der Waals surface area contributed by atoms with E-state index in [1.54, 1.807) is 0 Å². The first kappa shape index (κ1) is 11.5. The Bertz CT molecular complexity index is 422. The highest BCUT2D eigenvalue weighted by molar-refractivity contribution is 5.36. The Hall–Kier alpha value is -2.03. The van der Waals surface area contributed by atoms with Gasteiger partial charge >= 0.3 is 6.01 Å². The monoisotopic (exact) mass is 233 g/mol. The van der Waals surface area contributed by atoms with Crippen molar-refractivity contribution in [3.8, 4) is 18.4 Å². The van der Waals surface area contributed by atoms with Crippen molar-refractivity contribution in [1.29, 1.82) is 0 Å². The number of nitrogens with zero attached hydrogens (tertiary/aromatic N) is 4. The Balaban J connectivity index is 2.15. The van der Waals surface area contributed by atoms with Gasteiger partial charge < -0.3 is 15.4 Å². The molecule has 0 atom stereocenters. The number of hydrogen-bond acceptors (Lipinski definition) is 6. The fourth-order valence-electron chi connectivity index (χ4n) is 1.77. The number of ether oxygens (including phenoxy) is 1. The fraction of sp³-hybridized carbons (Fsp3) is 0.545. The molecule has 1 aliphatic heterocycles. The third-order valence-corrected chi connectivity index (χ3v) is 2.54. The van der Waals surface area contributed by atoms with Crippen molar-refractivity contribution in [2.45, 2.75) is 19.3 Å². The van der Waals surface area contributed by atoms with Crippen LogP contribution in [0.15, 0.2) is 0 Å². The number of rotatable bonds is 3. The van der Waals surface area contributed by atoms with Crippen molar-refractivity contribution in [2.75, 3.05) is 30.3 Å². The molecule has 6 heteroatoms. The summed E-state index contributed by atoms with van der Waals surface area (Å²) < 4.78 is 5.16. The lowest BCUT2D eigenvalue weighted by molar-refractivity contribution is 0.338. The van der Waals surface area contributed by atoms with Crippen LogP contribution in [0.3, 0.4) is 0 Å². The summed E-state index contributed by atoms with van der Waals surface area (Å²) in [5.41, 5.74) is 5.62. The van der Waals surface area contributed by atoms with Crippen LogP contribution < -0.4 is 15.4 Å². The largest absolute Gasteiger partial charge is 0.450 e. The van der Waals surface area contributed by atoms with E-state index in [0.717, 1.165) is 25.9 Å². The molecule has 1 aromatic rings.